The summed E-state index contributed by atoms with van der Waals surface area (Å²) < 4.78 is 0. The molecule has 0 N–H and O–H groups in total. The largest absolute Gasteiger partial charge is 0.313 e. The van der Waals surface area contributed by atoms with Crippen molar-refractivity contribution in [1.29, 1.82) is 0 Å². The minimum Gasteiger partial charge on any atom is -0.313 e. The number of hydrogen-bond donors (Lipinski definition) is 0. The number of rotatable bonds is 1. The van der Waals surface area contributed by atoms with Gasteiger partial charge >= 0.3 is 0 Å². The summed E-state index contributed by atoms with van der Waals surface area (Å²) >= 11 is 0. The fourth-order valence-electron chi connectivity index (χ4n) is 1.39. The number of likely N-dealkylation sites (N-methyl/N-ethyl adjacent to an activating group) is 1. The van der Waals surface area contributed by atoms with Crippen LogP contribution < -0.4 is 0 Å². The Balaban J connectivity index is 0.000000171. The maximum atomic E-state index is 10.8. The van der Waals surface area contributed by atoms with Crippen LogP contribution in [-0.4, -0.2) is 35.9 Å². The Labute approximate surface area is 101 Å². The summed E-state index contributed by atoms with van der Waals surface area (Å²) in [7, 11) is 3.17. The van der Waals surface area contributed by atoms with E-state index in [-0.39, 0.29) is 11.8 Å². The predicted molar refractivity (Wildman–Crippen MR) is 63.3 cm³/mol. The topological polar surface area (TPSA) is 49.9 Å². The van der Waals surface area contributed by atoms with E-state index >= 15 is 0 Å². The fourth-order valence-corrected chi connectivity index (χ4v) is 1.39. The normalized spacial score (nSPS) is 18.9. The second kappa shape index (κ2) is 5.45. The quantitative estimate of drug-likeness (QED) is 0.687. The molecule has 2 aliphatic heterocycles. The Kier molecular flexibility index (Phi) is 4.23. The van der Waals surface area contributed by atoms with Crippen LogP contribution in [0.1, 0.15) is 12.8 Å². The van der Waals surface area contributed by atoms with Crippen LogP contribution in [-0.2, 0) is 14.4 Å². The highest BCUT2D eigenvalue weighted by Crippen LogP contribution is 2.19. The molecule has 1 fully saturated rings. The van der Waals surface area contributed by atoms with E-state index in [1.807, 2.05) is 0 Å². The van der Waals surface area contributed by atoms with E-state index < -0.39 is 0 Å². The summed E-state index contributed by atoms with van der Waals surface area (Å²) in [5.74, 6) is 0.0116. The van der Waals surface area contributed by atoms with Gasteiger partial charge in [-0.2, -0.15) is 5.06 Å². The second-order valence-electron chi connectivity index (χ2n) is 3.66. The van der Waals surface area contributed by atoms with Crippen LogP contribution in [0.2, 0.25) is 0 Å². The van der Waals surface area contributed by atoms with Gasteiger partial charge in [0, 0.05) is 30.9 Å². The van der Waals surface area contributed by atoms with Crippen molar-refractivity contribution in [2.75, 3.05) is 14.2 Å². The third-order valence-corrected chi connectivity index (χ3v) is 2.50. The van der Waals surface area contributed by atoms with E-state index in [1.165, 1.54) is 23.1 Å². The standard InChI is InChI=1S/C6H9NO2.C6H7NO/c1-5-3-4-6(8)7(5)9-2;1-5-3-4-6(8)7(5)2/h1,3-4H2,2H3;3-4H,1H2,2H3. The molecule has 0 spiro atoms. The molecule has 92 valence electrons. The lowest BCUT2D eigenvalue weighted by Crippen LogP contribution is -2.20. The van der Waals surface area contributed by atoms with Crippen LogP contribution >= 0.6 is 0 Å². The second-order valence-corrected chi connectivity index (χ2v) is 3.66. The molecule has 5 heteroatoms. The zero-order valence-electron chi connectivity index (χ0n) is 10.1. The monoisotopic (exact) mass is 236 g/mol. The van der Waals surface area contributed by atoms with Gasteiger partial charge in [0.15, 0.2) is 0 Å². The van der Waals surface area contributed by atoms with Crippen molar-refractivity contribution >= 4 is 11.8 Å². The van der Waals surface area contributed by atoms with Crippen molar-refractivity contribution in [1.82, 2.24) is 9.96 Å². The minimum atomic E-state index is 0.00231. The molecule has 2 heterocycles. The number of hydrogen-bond acceptors (Lipinski definition) is 3. The molecule has 0 atom stereocenters. The average Bonchev–Trinajstić information content (AvgIpc) is 2.77. The first kappa shape index (κ1) is 13.2. The summed E-state index contributed by atoms with van der Waals surface area (Å²) in [4.78, 5) is 27.5. The van der Waals surface area contributed by atoms with E-state index in [4.69, 9.17) is 4.84 Å². The van der Waals surface area contributed by atoms with Gasteiger partial charge in [-0.25, -0.2) is 0 Å². The first-order valence-corrected chi connectivity index (χ1v) is 5.17. The highest BCUT2D eigenvalue weighted by atomic mass is 16.7. The Hall–Kier alpha value is -1.88. The van der Waals surface area contributed by atoms with Crippen molar-refractivity contribution in [2.24, 2.45) is 0 Å². The highest BCUT2D eigenvalue weighted by Gasteiger charge is 2.23. The lowest BCUT2D eigenvalue weighted by Gasteiger charge is -2.11. The maximum absolute atomic E-state index is 10.8. The van der Waals surface area contributed by atoms with Gasteiger partial charge in [-0.05, 0) is 12.5 Å². The van der Waals surface area contributed by atoms with E-state index in [2.05, 4.69) is 13.2 Å². The third kappa shape index (κ3) is 3.04. The Bertz CT molecular complexity index is 365. The van der Waals surface area contributed by atoms with Gasteiger partial charge in [0.2, 0.25) is 0 Å². The number of hydroxylamine groups is 2. The number of amides is 2. The SMILES string of the molecule is C=C1C=CC(=O)N1C.C=C1CCC(=O)N1OC. The van der Waals surface area contributed by atoms with Crippen molar-refractivity contribution in [3.8, 4) is 0 Å². The van der Waals surface area contributed by atoms with Crippen LogP contribution in [0.3, 0.4) is 0 Å². The van der Waals surface area contributed by atoms with E-state index in [0.717, 1.165) is 17.8 Å². The molecule has 5 nitrogen and oxygen atoms in total. The highest BCUT2D eigenvalue weighted by molar-refractivity contribution is 5.92. The molecule has 2 amide bonds. The van der Waals surface area contributed by atoms with Crippen molar-refractivity contribution < 1.29 is 14.4 Å². The van der Waals surface area contributed by atoms with Crippen molar-refractivity contribution in [2.45, 2.75) is 12.8 Å². The van der Waals surface area contributed by atoms with Crippen LogP contribution in [0, 0.1) is 0 Å². The molecule has 0 aromatic rings. The average molecular weight is 236 g/mol. The lowest BCUT2D eigenvalue weighted by molar-refractivity contribution is -0.159. The molecule has 2 aliphatic rings. The minimum absolute atomic E-state index is 0.00231. The summed E-state index contributed by atoms with van der Waals surface area (Å²) in [5.41, 5.74) is 1.51. The Morgan fingerprint density at radius 2 is 1.88 bits per heavy atom. The lowest BCUT2D eigenvalue weighted by atomic mass is 10.3. The van der Waals surface area contributed by atoms with Gasteiger partial charge in [0.1, 0.15) is 0 Å². The van der Waals surface area contributed by atoms with Crippen LogP contribution in [0.4, 0.5) is 0 Å². The molecule has 0 aromatic heterocycles. The Morgan fingerprint density at radius 3 is 2.06 bits per heavy atom. The van der Waals surface area contributed by atoms with Crippen LogP contribution in [0.25, 0.3) is 0 Å². The van der Waals surface area contributed by atoms with E-state index in [1.54, 1.807) is 13.1 Å². The molecule has 2 rings (SSSR count). The van der Waals surface area contributed by atoms with E-state index in [0.29, 0.717) is 6.42 Å². The van der Waals surface area contributed by atoms with Crippen molar-refractivity contribution in [3.05, 3.63) is 36.7 Å². The summed E-state index contributed by atoms with van der Waals surface area (Å²) in [5, 5.41) is 1.24. The van der Waals surface area contributed by atoms with Gasteiger partial charge in [-0.1, -0.05) is 13.2 Å². The molecule has 0 unspecified atom stereocenters. The zero-order chi connectivity index (χ0) is 13.0. The van der Waals surface area contributed by atoms with Crippen molar-refractivity contribution in [3.63, 3.8) is 0 Å². The van der Waals surface area contributed by atoms with Gasteiger partial charge in [0.25, 0.3) is 11.8 Å². The zero-order valence-corrected chi connectivity index (χ0v) is 10.1. The number of allylic oxidation sites excluding steroid dienone is 2. The van der Waals surface area contributed by atoms with Crippen LogP contribution in [0.15, 0.2) is 36.7 Å². The molecular weight excluding hydrogens is 220 g/mol. The van der Waals surface area contributed by atoms with Gasteiger partial charge in [-0.3, -0.25) is 14.4 Å². The van der Waals surface area contributed by atoms with Crippen LogP contribution in [0.5, 0.6) is 0 Å². The molecule has 0 aromatic carbocycles. The van der Waals surface area contributed by atoms with E-state index in [9.17, 15) is 9.59 Å². The first-order valence-electron chi connectivity index (χ1n) is 5.17. The predicted octanol–water partition coefficient (Wildman–Crippen LogP) is 1.21. The molecule has 0 aliphatic carbocycles. The molecule has 0 radical (unpaired) electrons. The smallest absolute Gasteiger partial charge is 0.250 e. The van der Waals surface area contributed by atoms with Gasteiger partial charge < -0.3 is 4.90 Å². The number of nitrogens with zero attached hydrogens (tertiary/aromatic N) is 2. The molecule has 1 saturated heterocycles. The summed E-state index contributed by atoms with van der Waals surface area (Å²) in [6, 6.07) is 0. The molecule has 0 saturated carbocycles. The Morgan fingerprint density at radius 1 is 1.24 bits per heavy atom. The number of carbonyl (C=O) groups is 2. The van der Waals surface area contributed by atoms with Gasteiger partial charge in [0.05, 0.1) is 7.11 Å². The maximum Gasteiger partial charge on any atom is 0.250 e. The molecule has 17 heavy (non-hydrogen) atoms. The third-order valence-electron chi connectivity index (χ3n) is 2.50. The first-order chi connectivity index (χ1) is 7.97. The summed E-state index contributed by atoms with van der Waals surface area (Å²) in [6.45, 7) is 7.24. The fraction of sp³-hybridized carbons (Fsp3) is 0.333. The van der Waals surface area contributed by atoms with Gasteiger partial charge in [-0.15, -0.1) is 0 Å². The summed E-state index contributed by atoms with van der Waals surface area (Å²) in [6.07, 6.45) is 4.46. The molecular formula is C12H16N2O3. The molecule has 0 bridgehead atoms. The number of carbonyl (C=O) groups excluding carboxylic acids is 2.